The Morgan fingerprint density at radius 1 is 1.11 bits per heavy atom. The van der Waals surface area contributed by atoms with Crippen LogP contribution in [-0.4, -0.2) is 11.6 Å². The van der Waals surface area contributed by atoms with Crippen LogP contribution in [0.1, 0.15) is 66.7 Å². The van der Waals surface area contributed by atoms with Crippen LogP contribution in [0.4, 0.5) is 0 Å². The second-order valence-corrected chi connectivity index (χ2v) is 7.07. The molecule has 0 aliphatic heterocycles. The zero-order chi connectivity index (χ0) is 14.2. The molecular formula is C17H28O2. The fourth-order valence-corrected chi connectivity index (χ4v) is 3.96. The molecule has 0 unspecified atom stereocenters. The first-order chi connectivity index (χ1) is 8.81. The van der Waals surface area contributed by atoms with Gasteiger partial charge in [0.1, 0.15) is 5.60 Å². The van der Waals surface area contributed by atoms with E-state index < -0.39 is 0 Å². The van der Waals surface area contributed by atoms with Crippen molar-refractivity contribution in [3.8, 4) is 0 Å². The van der Waals surface area contributed by atoms with Gasteiger partial charge in [0, 0.05) is 12.8 Å². The zero-order valence-electron chi connectivity index (χ0n) is 13.1. The van der Waals surface area contributed by atoms with E-state index in [4.69, 9.17) is 4.74 Å². The minimum absolute atomic E-state index is 0.157. The second-order valence-electron chi connectivity index (χ2n) is 7.07. The van der Waals surface area contributed by atoms with E-state index in [0.29, 0.717) is 5.92 Å². The lowest BCUT2D eigenvalue weighted by Crippen LogP contribution is -2.36. The van der Waals surface area contributed by atoms with Crippen LogP contribution in [0.15, 0.2) is 11.1 Å². The summed E-state index contributed by atoms with van der Waals surface area (Å²) in [5.74, 6) is 1.76. The summed E-state index contributed by atoms with van der Waals surface area (Å²) in [5.41, 5.74) is 3.06. The first kappa shape index (κ1) is 14.6. The fourth-order valence-electron chi connectivity index (χ4n) is 3.96. The van der Waals surface area contributed by atoms with Gasteiger partial charge in [-0.15, -0.1) is 0 Å². The van der Waals surface area contributed by atoms with Crippen molar-refractivity contribution < 1.29 is 9.53 Å². The fraction of sp³-hybridized carbons (Fsp3) is 0.824. The Labute approximate surface area is 117 Å². The first-order valence-corrected chi connectivity index (χ1v) is 7.72. The van der Waals surface area contributed by atoms with Crippen LogP contribution in [0.5, 0.6) is 0 Å². The Kier molecular flexibility index (Phi) is 4.08. The molecule has 0 radical (unpaired) electrons. The molecule has 0 aromatic heterocycles. The van der Waals surface area contributed by atoms with Gasteiger partial charge in [0.2, 0.25) is 0 Å². The Hall–Kier alpha value is -0.790. The standard InChI is InChI=1S/C17H28O2/c1-11-6-8-14(17(4,5)19-13(3)18)10-16-12(2)7-9-15(11)16/h11-12,14H,6-10H2,1-5H3/t11-,12-,14+/m1/s1. The minimum Gasteiger partial charge on any atom is -0.460 e. The molecule has 108 valence electrons. The number of hydrogen-bond donors (Lipinski definition) is 0. The first-order valence-electron chi connectivity index (χ1n) is 7.72. The topological polar surface area (TPSA) is 26.3 Å². The molecule has 0 heterocycles. The summed E-state index contributed by atoms with van der Waals surface area (Å²) in [5, 5.41) is 0. The molecule has 0 aromatic carbocycles. The summed E-state index contributed by atoms with van der Waals surface area (Å²) in [6.07, 6.45) is 6.14. The van der Waals surface area contributed by atoms with Gasteiger partial charge < -0.3 is 4.74 Å². The van der Waals surface area contributed by atoms with Gasteiger partial charge in [-0.3, -0.25) is 4.79 Å². The predicted molar refractivity (Wildman–Crippen MR) is 77.8 cm³/mol. The van der Waals surface area contributed by atoms with Crippen molar-refractivity contribution in [2.45, 2.75) is 72.3 Å². The van der Waals surface area contributed by atoms with Crippen LogP contribution in [0.25, 0.3) is 0 Å². The lowest BCUT2D eigenvalue weighted by atomic mass is 9.81. The molecule has 0 fully saturated rings. The average Bonchev–Trinajstić information content (AvgIpc) is 2.53. The number of carbonyl (C=O) groups excluding carboxylic acids is 1. The lowest BCUT2D eigenvalue weighted by molar-refractivity contribution is -0.159. The van der Waals surface area contributed by atoms with Crippen LogP contribution in [-0.2, 0) is 9.53 Å². The molecule has 0 saturated heterocycles. The molecule has 3 atom stereocenters. The van der Waals surface area contributed by atoms with Crippen LogP contribution in [0, 0.1) is 17.8 Å². The van der Waals surface area contributed by atoms with Crippen molar-refractivity contribution in [2.24, 2.45) is 17.8 Å². The highest BCUT2D eigenvalue weighted by Gasteiger charge is 2.38. The molecule has 0 spiro atoms. The van der Waals surface area contributed by atoms with Crippen molar-refractivity contribution in [3.63, 3.8) is 0 Å². The maximum absolute atomic E-state index is 11.3. The average molecular weight is 264 g/mol. The van der Waals surface area contributed by atoms with Gasteiger partial charge >= 0.3 is 5.97 Å². The summed E-state index contributed by atoms with van der Waals surface area (Å²) < 4.78 is 5.59. The molecule has 0 N–H and O–H groups in total. The van der Waals surface area contributed by atoms with Crippen molar-refractivity contribution in [2.75, 3.05) is 0 Å². The molecule has 0 aromatic rings. The summed E-state index contributed by atoms with van der Waals surface area (Å²) in [7, 11) is 0. The lowest BCUT2D eigenvalue weighted by Gasteiger charge is -2.34. The molecule has 19 heavy (non-hydrogen) atoms. The highest BCUT2D eigenvalue weighted by molar-refractivity contribution is 5.66. The molecule has 0 amide bonds. The summed E-state index contributed by atoms with van der Waals surface area (Å²) in [6, 6.07) is 0. The van der Waals surface area contributed by atoms with Gasteiger partial charge in [-0.05, 0) is 57.8 Å². The molecule has 0 saturated carbocycles. The van der Waals surface area contributed by atoms with Gasteiger partial charge in [0.25, 0.3) is 0 Å². The van der Waals surface area contributed by atoms with Crippen molar-refractivity contribution >= 4 is 5.97 Å². The number of allylic oxidation sites excluding steroid dienone is 2. The van der Waals surface area contributed by atoms with Crippen molar-refractivity contribution in [3.05, 3.63) is 11.1 Å². The SMILES string of the molecule is CC(=O)OC(C)(C)[C@H]1CC[C@@H](C)C2=C(C1)[C@H](C)CC2. The normalized spacial score (nSPS) is 31.9. The number of ether oxygens (including phenoxy) is 1. The smallest absolute Gasteiger partial charge is 0.303 e. The zero-order valence-corrected chi connectivity index (χ0v) is 13.1. The third-order valence-electron chi connectivity index (χ3n) is 5.25. The Morgan fingerprint density at radius 2 is 1.74 bits per heavy atom. The van der Waals surface area contributed by atoms with Gasteiger partial charge in [0.15, 0.2) is 0 Å². The molecule has 2 aliphatic carbocycles. The summed E-state index contributed by atoms with van der Waals surface area (Å²) in [6.45, 7) is 10.4. The predicted octanol–water partition coefficient (Wildman–Crippen LogP) is 4.49. The molecule has 2 heteroatoms. The van der Waals surface area contributed by atoms with E-state index in [9.17, 15) is 4.79 Å². The van der Waals surface area contributed by atoms with E-state index in [1.165, 1.54) is 32.6 Å². The molecule has 2 rings (SSSR count). The molecule has 2 aliphatic rings. The molecule has 2 nitrogen and oxygen atoms in total. The van der Waals surface area contributed by atoms with Crippen LogP contribution >= 0.6 is 0 Å². The quantitative estimate of drug-likeness (QED) is 0.542. The van der Waals surface area contributed by atoms with E-state index in [1.54, 1.807) is 11.1 Å². The minimum atomic E-state index is -0.337. The van der Waals surface area contributed by atoms with Crippen LogP contribution in [0.3, 0.4) is 0 Å². The molecule has 0 bridgehead atoms. The van der Waals surface area contributed by atoms with Crippen LogP contribution in [0.2, 0.25) is 0 Å². The van der Waals surface area contributed by atoms with E-state index in [1.807, 2.05) is 0 Å². The van der Waals surface area contributed by atoms with Crippen LogP contribution < -0.4 is 0 Å². The highest BCUT2D eigenvalue weighted by Crippen LogP contribution is 2.46. The third kappa shape index (κ3) is 3.04. The number of hydrogen-bond acceptors (Lipinski definition) is 2. The van der Waals surface area contributed by atoms with E-state index in [-0.39, 0.29) is 11.6 Å². The van der Waals surface area contributed by atoms with Gasteiger partial charge in [-0.1, -0.05) is 25.0 Å². The van der Waals surface area contributed by atoms with Gasteiger partial charge in [-0.2, -0.15) is 0 Å². The molecular weight excluding hydrogens is 236 g/mol. The van der Waals surface area contributed by atoms with E-state index in [2.05, 4.69) is 27.7 Å². The van der Waals surface area contributed by atoms with Gasteiger partial charge in [-0.25, -0.2) is 0 Å². The Morgan fingerprint density at radius 3 is 2.37 bits per heavy atom. The Balaban J connectivity index is 2.19. The second kappa shape index (κ2) is 5.30. The summed E-state index contributed by atoms with van der Waals surface area (Å²) >= 11 is 0. The number of rotatable bonds is 2. The van der Waals surface area contributed by atoms with E-state index >= 15 is 0 Å². The third-order valence-corrected chi connectivity index (χ3v) is 5.25. The number of esters is 1. The largest absolute Gasteiger partial charge is 0.460 e. The Bertz CT molecular complexity index is 392. The van der Waals surface area contributed by atoms with Crippen molar-refractivity contribution in [1.29, 1.82) is 0 Å². The van der Waals surface area contributed by atoms with E-state index in [0.717, 1.165) is 18.3 Å². The summed E-state index contributed by atoms with van der Waals surface area (Å²) in [4.78, 5) is 11.3. The highest BCUT2D eigenvalue weighted by atomic mass is 16.6. The number of carbonyl (C=O) groups is 1. The van der Waals surface area contributed by atoms with Gasteiger partial charge in [0.05, 0.1) is 0 Å². The maximum atomic E-state index is 11.3. The monoisotopic (exact) mass is 264 g/mol. The van der Waals surface area contributed by atoms with Crippen molar-refractivity contribution in [1.82, 2.24) is 0 Å². The maximum Gasteiger partial charge on any atom is 0.303 e.